The molecule has 0 saturated carbocycles. The molecule has 0 aliphatic rings. The van der Waals surface area contributed by atoms with Gasteiger partial charge in [-0.15, -0.1) is 11.8 Å². The first kappa shape index (κ1) is 19.6. The van der Waals surface area contributed by atoms with Gasteiger partial charge in [0.05, 0.1) is 5.25 Å². The largest absolute Gasteiger partial charge is 0.325 e. The Labute approximate surface area is 168 Å². The van der Waals surface area contributed by atoms with Gasteiger partial charge in [0.2, 0.25) is 5.91 Å². The first-order valence-corrected chi connectivity index (χ1v) is 9.75. The summed E-state index contributed by atoms with van der Waals surface area (Å²) in [7, 11) is 0. The van der Waals surface area contributed by atoms with Gasteiger partial charge < -0.3 is 10.6 Å². The molecule has 2 amide bonds. The normalized spacial score (nSPS) is 11.5. The summed E-state index contributed by atoms with van der Waals surface area (Å²) >= 11 is 1.50. The maximum absolute atomic E-state index is 12.5. The summed E-state index contributed by atoms with van der Waals surface area (Å²) in [5, 5.41) is 5.56. The first-order valence-electron chi connectivity index (χ1n) is 8.87. The number of carbonyl (C=O) groups excluding carboxylic acids is 2. The molecular formula is C22H21N3O2S. The predicted molar refractivity (Wildman–Crippen MR) is 114 cm³/mol. The van der Waals surface area contributed by atoms with E-state index in [1.807, 2.05) is 56.3 Å². The van der Waals surface area contributed by atoms with E-state index in [4.69, 9.17) is 0 Å². The molecule has 5 nitrogen and oxygen atoms in total. The van der Waals surface area contributed by atoms with Gasteiger partial charge in [0.15, 0.2) is 0 Å². The van der Waals surface area contributed by atoms with E-state index in [9.17, 15) is 9.59 Å². The van der Waals surface area contributed by atoms with Crippen LogP contribution >= 0.6 is 11.8 Å². The van der Waals surface area contributed by atoms with E-state index in [1.165, 1.54) is 11.8 Å². The fourth-order valence-electron chi connectivity index (χ4n) is 2.53. The van der Waals surface area contributed by atoms with Crippen LogP contribution in [0.4, 0.5) is 11.4 Å². The summed E-state index contributed by atoms with van der Waals surface area (Å²) in [6.07, 6.45) is 3.15. The number of aromatic nitrogens is 1. The van der Waals surface area contributed by atoms with Crippen LogP contribution in [0.5, 0.6) is 0 Å². The van der Waals surface area contributed by atoms with Crippen LogP contribution in [0, 0.1) is 6.92 Å². The zero-order chi connectivity index (χ0) is 19.9. The van der Waals surface area contributed by atoms with Gasteiger partial charge in [-0.3, -0.25) is 14.6 Å². The molecule has 0 radical (unpaired) electrons. The molecular weight excluding hydrogens is 370 g/mol. The van der Waals surface area contributed by atoms with Gasteiger partial charge in [0, 0.05) is 34.2 Å². The van der Waals surface area contributed by atoms with E-state index in [1.54, 1.807) is 30.6 Å². The highest BCUT2D eigenvalue weighted by Crippen LogP contribution is 2.25. The number of aryl methyl sites for hydroxylation is 1. The number of nitrogens with zero attached hydrogens (tertiary/aromatic N) is 1. The van der Waals surface area contributed by atoms with Gasteiger partial charge in [0.25, 0.3) is 5.91 Å². The van der Waals surface area contributed by atoms with E-state index in [0.717, 1.165) is 10.5 Å². The average Bonchev–Trinajstić information content (AvgIpc) is 2.71. The number of thioether (sulfide) groups is 1. The van der Waals surface area contributed by atoms with Crippen molar-refractivity contribution in [1.82, 2.24) is 4.98 Å². The number of benzene rings is 2. The monoisotopic (exact) mass is 391 g/mol. The van der Waals surface area contributed by atoms with Crippen molar-refractivity contribution in [3.05, 3.63) is 84.2 Å². The van der Waals surface area contributed by atoms with Crippen LogP contribution in [0.1, 0.15) is 22.8 Å². The van der Waals surface area contributed by atoms with Crippen LogP contribution in [0.25, 0.3) is 0 Å². The van der Waals surface area contributed by atoms with Crippen LogP contribution in [-0.4, -0.2) is 22.0 Å². The fourth-order valence-corrected chi connectivity index (χ4v) is 3.42. The zero-order valence-electron chi connectivity index (χ0n) is 15.7. The molecule has 0 aliphatic carbocycles. The van der Waals surface area contributed by atoms with Crippen LogP contribution in [0.3, 0.4) is 0 Å². The maximum Gasteiger partial charge on any atom is 0.255 e. The lowest BCUT2D eigenvalue weighted by Crippen LogP contribution is -2.22. The SMILES string of the molecule is Cc1ccc(NC(=O)C(C)Sc2ccccc2)cc1NC(=O)c1ccncc1. The van der Waals surface area contributed by atoms with Gasteiger partial charge >= 0.3 is 0 Å². The highest BCUT2D eigenvalue weighted by atomic mass is 32.2. The lowest BCUT2D eigenvalue weighted by molar-refractivity contribution is -0.115. The van der Waals surface area contributed by atoms with E-state index < -0.39 is 0 Å². The predicted octanol–water partition coefficient (Wildman–Crippen LogP) is 4.76. The number of rotatable bonds is 6. The number of nitrogens with one attached hydrogen (secondary N) is 2. The minimum absolute atomic E-state index is 0.0934. The third-order valence-electron chi connectivity index (χ3n) is 4.12. The van der Waals surface area contributed by atoms with Gasteiger partial charge in [-0.25, -0.2) is 0 Å². The molecule has 1 aromatic heterocycles. The number of hydrogen-bond donors (Lipinski definition) is 2. The molecule has 1 unspecified atom stereocenters. The Bertz CT molecular complexity index is 962. The lowest BCUT2D eigenvalue weighted by Gasteiger charge is -2.14. The molecule has 2 N–H and O–H groups in total. The Hall–Kier alpha value is -3.12. The van der Waals surface area contributed by atoms with Gasteiger partial charge in [-0.05, 0) is 55.8 Å². The first-order chi connectivity index (χ1) is 13.5. The van der Waals surface area contributed by atoms with Crippen molar-refractivity contribution < 1.29 is 9.59 Å². The molecule has 1 atom stereocenters. The van der Waals surface area contributed by atoms with Crippen molar-refractivity contribution in [2.45, 2.75) is 24.0 Å². The Balaban J connectivity index is 1.67. The molecule has 0 spiro atoms. The van der Waals surface area contributed by atoms with E-state index in [-0.39, 0.29) is 17.1 Å². The van der Waals surface area contributed by atoms with Crippen molar-refractivity contribution in [2.75, 3.05) is 10.6 Å². The molecule has 28 heavy (non-hydrogen) atoms. The number of carbonyl (C=O) groups is 2. The van der Waals surface area contributed by atoms with Crippen LogP contribution in [-0.2, 0) is 4.79 Å². The van der Waals surface area contributed by atoms with Crippen molar-refractivity contribution in [3.63, 3.8) is 0 Å². The lowest BCUT2D eigenvalue weighted by atomic mass is 10.1. The second-order valence-electron chi connectivity index (χ2n) is 6.28. The summed E-state index contributed by atoms with van der Waals surface area (Å²) in [5.74, 6) is -0.314. The van der Waals surface area contributed by atoms with E-state index in [2.05, 4.69) is 15.6 Å². The topological polar surface area (TPSA) is 71.1 Å². The Morgan fingerprint density at radius 3 is 2.39 bits per heavy atom. The minimum Gasteiger partial charge on any atom is -0.325 e. The number of amides is 2. The zero-order valence-corrected chi connectivity index (χ0v) is 16.5. The molecule has 142 valence electrons. The maximum atomic E-state index is 12.5. The van der Waals surface area contributed by atoms with Crippen molar-refractivity contribution in [3.8, 4) is 0 Å². The summed E-state index contributed by atoms with van der Waals surface area (Å²) in [4.78, 5) is 29.9. The quantitative estimate of drug-likeness (QED) is 0.594. The van der Waals surface area contributed by atoms with Crippen LogP contribution in [0.2, 0.25) is 0 Å². The van der Waals surface area contributed by atoms with Gasteiger partial charge in [-0.2, -0.15) is 0 Å². The molecule has 2 aromatic carbocycles. The van der Waals surface area contributed by atoms with Crippen molar-refractivity contribution in [1.29, 1.82) is 0 Å². The van der Waals surface area contributed by atoms with Gasteiger partial charge in [-0.1, -0.05) is 24.3 Å². The van der Waals surface area contributed by atoms with Crippen LogP contribution < -0.4 is 10.6 Å². The number of pyridine rings is 1. The molecule has 0 aliphatic heterocycles. The molecule has 6 heteroatoms. The second-order valence-corrected chi connectivity index (χ2v) is 7.70. The minimum atomic E-state index is -0.251. The summed E-state index contributed by atoms with van der Waals surface area (Å²) in [6.45, 7) is 3.77. The molecule has 3 rings (SSSR count). The molecule has 3 aromatic rings. The van der Waals surface area contributed by atoms with Crippen molar-refractivity contribution >= 4 is 35.0 Å². The third-order valence-corrected chi connectivity index (χ3v) is 5.23. The summed E-state index contributed by atoms with van der Waals surface area (Å²) in [6, 6.07) is 18.6. The van der Waals surface area contributed by atoms with Crippen molar-refractivity contribution in [2.24, 2.45) is 0 Å². The Morgan fingerprint density at radius 1 is 0.964 bits per heavy atom. The molecule has 0 fully saturated rings. The van der Waals surface area contributed by atoms with Crippen LogP contribution in [0.15, 0.2) is 78.0 Å². The highest BCUT2D eigenvalue weighted by Gasteiger charge is 2.15. The Morgan fingerprint density at radius 2 is 1.68 bits per heavy atom. The number of hydrogen-bond acceptors (Lipinski definition) is 4. The highest BCUT2D eigenvalue weighted by molar-refractivity contribution is 8.00. The fraction of sp³-hybridized carbons (Fsp3) is 0.136. The molecule has 1 heterocycles. The van der Waals surface area contributed by atoms with E-state index >= 15 is 0 Å². The summed E-state index contributed by atoms with van der Waals surface area (Å²) in [5.41, 5.74) is 2.73. The third kappa shape index (κ3) is 5.20. The van der Waals surface area contributed by atoms with Gasteiger partial charge in [0.1, 0.15) is 0 Å². The number of anilines is 2. The Kier molecular flexibility index (Phi) is 6.45. The smallest absolute Gasteiger partial charge is 0.255 e. The standard InChI is InChI=1S/C22H21N3O2S/c1-15-8-9-18(14-20(15)25-22(27)17-10-12-23-13-11-17)24-21(26)16(2)28-19-6-4-3-5-7-19/h3-14,16H,1-2H3,(H,24,26)(H,25,27). The average molecular weight is 391 g/mol. The molecule has 0 saturated heterocycles. The second kappa shape index (κ2) is 9.19. The molecule has 0 bridgehead atoms. The summed E-state index contributed by atoms with van der Waals surface area (Å²) < 4.78 is 0. The van der Waals surface area contributed by atoms with E-state index in [0.29, 0.717) is 16.9 Å².